The SMILES string of the molecule is Nc1ccc(S(=O)(=O)NC2(C(F)(F)F)NC(=O)N(Cc3ccco3)C2=O)cc1. The third-order valence-electron chi connectivity index (χ3n) is 3.90. The molecule has 1 saturated heterocycles. The Kier molecular flexibility index (Phi) is 4.59. The van der Waals surface area contributed by atoms with Crippen molar-refractivity contribution in [2.24, 2.45) is 0 Å². The number of sulfonamides is 1. The van der Waals surface area contributed by atoms with Gasteiger partial charge in [0.05, 0.1) is 17.7 Å². The number of urea groups is 1. The van der Waals surface area contributed by atoms with Crippen LogP contribution in [0.2, 0.25) is 0 Å². The second kappa shape index (κ2) is 6.53. The average molecular weight is 418 g/mol. The van der Waals surface area contributed by atoms with Crippen LogP contribution >= 0.6 is 0 Å². The van der Waals surface area contributed by atoms with Gasteiger partial charge in [-0.25, -0.2) is 13.2 Å². The second-order valence-electron chi connectivity index (χ2n) is 5.82. The molecule has 2 aromatic rings. The van der Waals surface area contributed by atoms with Crippen LogP contribution < -0.4 is 15.8 Å². The van der Waals surface area contributed by atoms with Crippen molar-refractivity contribution in [3.63, 3.8) is 0 Å². The smallest absolute Gasteiger partial charge is 0.435 e. The molecule has 2 heterocycles. The Morgan fingerprint density at radius 2 is 1.82 bits per heavy atom. The number of nitrogen functional groups attached to an aromatic ring is 1. The summed E-state index contributed by atoms with van der Waals surface area (Å²) < 4.78 is 72.4. The molecule has 1 fully saturated rings. The molecule has 1 atom stereocenters. The Bertz CT molecular complexity index is 1010. The van der Waals surface area contributed by atoms with Crippen LogP contribution in [0, 0.1) is 0 Å². The number of rotatable bonds is 5. The van der Waals surface area contributed by atoms with Crippen LogP contribution in [0.4, 0.5) is 23.7 Å². The zero-order valence-electron chi connectivity index (χ0n) is 13.9. The molecule has 150 valence electrons. The van der Waals surface area contributed by atoms with Gasteiger partial charge in [0.15, 0.2) is 0 Å². The summed E-state index contributed by atoms with van der Waals surface area (Å²) in [6.45, 7) is -0.612. The predicted octanol–water partition coefficient (Wildman–Crippen LogP) is 1.15. The fraction of sp³-hybridized carbons (Fsp3) is 0.200. The summed E-state index contributed by atoms with van der Waals surface area (Å²) in [4.78, 5) is 24.2. The first kappa shape index (κ1) is 19.7. The van der Waals surface area contributed by atoms with E-state index in [2.05, 4.69) is 0 Å². The molecule has 0 radical (unpaired) electrons. The molecule has 0 spiro atoms. The molecule has 9 nitrogen and oxygen atoms in total. The van der Waals surface area contributed by atoms with E-state index in [0.29, 0.717) is 0 Å². The van der Waals surface area contributed by atoms with Crippen LogP contribution in [0.5, 0.6) is 0 Å². The largest absolute Gasteiger partial charge is 0.467 e. The first-order chi connectivity index (χ1) is 13.0. The third kappa shape index (κ3) is 3.29. The second-order valence-corrected chi connectivity index (χ2v) is 7.51. The van der Waals surface area contributed by atoms with E-state index < -0.39 is 45.2 Å². The summed E-state index contributed by atoms with van der Waals surface area (Å²) in [6, 6.07) is 5.56. The van der Waals surface area contributed by atoms with E-state index in [1.807, 2.05) is 0 Å². The number of imide groups is 1. The maximum absolute atomic E-state index is 13.8. The number of amides is 3. The maximum atomic E-state index is 13.8. The zero-order valence-corrected chi connectivity index (χ0v) is 14.7. The van der Waals surface area contributed by atoms with Gasteiger partial charge in [-0.05, 0) is 36.4 Å². The average Bonchev–Trinajstić information content (AvgIpc) is 3.18. The maximum Gasteiger partial charge on any atom is 0.435 e. The predicted molar refractivity (Wildman–Crippen MR) is 87.8 cm³/mol. The van der Waals surface area contributed by atoms with Crippen molar-refractivity contribution in [3.05, 3.63) is 48.4 Å². The number of hydrogen-bond donors (Lipinski definition) is 3. The minimum absolute atomic E-state index is 0.0304. The molecule has 1 aromatic heterocycles. The minimum atomic E-state index is -5.47. The van der Waals surface area contributed by atoms with Gasteiger partial charge in [0.25, 0.3) is 11.6 Å². The van der Waals surface area contributed by atoms with Gasteiger partial charge in [0.1, 0.15) is 5.76 Å². The summed E-state index contributed by atoms with van der Waals surface area (Å²) in [5.74, 6) is -1.80. The molecule has 0 aliphatic carbocycles. The molecule has 0 bridgehead atoms. The van der Waals surface area contributed by atoms with E-state index in [1.54, 1.807) is 0 Å². The quantitative estimate of drug-likeness (QED) is 0.493. The fourth-order valence-corrected chi connectivity index (χ4v) is 3.77. The highest BCUT2D eigenvalue weighted by molar-refractivity contribution is 7.89. The lowest BCUT2D eigenvalue weighted by molar-refractivity contribution is -0.198. The topological polar surface area (TPSA) is 135 Å². The Morgan fingerprint density at radius 3 is 2.36 bits per heavy atom. The van der Waals surface area contributed by atoms with Gasteiger partial charge in [-0.1, -0.05) is 0 Å². The highest BCUT2D eigenvalue weighted by Crippen LogP contribution is 2.35. The molecular weight excluding hydrogens is 405 g/mol. The minimum Gasteiger partial charge on any atom is -0.467 e. The molecule has 0 saturated carbocycles. The lowest BCUT2D eigenvalue weighted by Gasteiger charge is -2.29. The number of benzene rings is 1. The molecule has 1 aliphatic heterocycles. The third-order valence-corrected chi connectivity index (χ3v) is 5.37. The summed E-state index contributed by atoms with van der Waals surface area (Å²) in [7, 11) is -4.86. The molecule has 1 aromatic carbocycles. The fourth-order valence-electron chi connectivity index (χ4n) is 2.50. The van der Waals surface area contributed by atoms with E-state index in [4.69, 9.17) is 10.2 Å². The monoisotopic (exact) mass is 418 g/mol. The Hall–Kier alpha value is -3.06. The van der Waals surface area contributed by atoms with E-state index >= 15 is 0 Å². The lowest BCUT2D eigenvalue weighted by Crippen LogP contribution is -2.69. The van der Waals surface area contributed by atoms with Crippen molar-refractivity contribution in [2.45, 2.75) is 23.3 Å². The number of hydrogen-bond acceptors (Lipinski definition) is 6. The molecule has 3 amide bonds. The van der Waals surface area contributed by atoms with Crippen molar-refractivity contribution in [3.8, 4) is 0 Å². The number of carbonyl (C=O) groups excluding carboxylic acids is 2. The number of anilines is 1. The van der Waals surface area contributed by atoms with Gasteiger partial charge in [0, 0.05) is 5.69 Å². The zero-order chi connectivity index (χ0) is 20.7. The van der Waals surface area contributed by atoms with Crippen LogP contribution in [-0.2, 0) is 21.4 Å². The van der Waals surface area contributed by atoms with Crippen molar-refractivity contribution >= 4 is 27.6 Å². The van der Waals surface area contributed by atoms with E-state index in [0.717, 1.165) is 24.3 Å². The van der Waals surface area contributed by atoms with Gasteiger partial charge in [0.2, 0.25) is 10.0 Å². The van der Waals surface area contributed by atoms with Crippen LogP contribution in [0.25, 0.3) is 0 Å². The number of nitrogens with two attached hydrogens (primary N) is 1. The highest BCUT2D eigenvalue weighted by Gasteiger charge is 2.69. The Balaban J connectivity index is 1.99. The summed E-state index contributed by atoms with van der Waals surface area (Å²) >= 11 is 0. The number of carbonyl (C=O) groups is 2. The summed E-state index contributed by atoms with van der Waals surface area (Å²) in [5.41, 5.74) is 1.75. The number of nitrogens with zero attached hydrogens (tertiary/aromatic N) is 1. The van der Waals surface area contributed by atoms with Crippen molar-refractivity contribution < 1.29 is 35.6 Å². The lowest BCUT2D eigenvalue weighted by atomic mass is 10.1. The first-order valence-electron chi connectivity index (χ1n) is 7.59. The van der Waals surface area contributed by atoms with E-state index in [-0.39, 0.29) is 16.3 Å². The van der Waals surface area contributed by atoms with Gasteiger partial charge in [-0.15, -0.1) is 0 Å². The summed E-state index contributed by atoms with van der Waals surface area (Å²) in [6.07, 6.45) is -4.27. The summed E-state index contributed by atoms with van der Waals surface area (Å²) in [5, 5.41) is 1.41. The Labute approximate surface area is 156 Å². The number of alkyl halides is 3. The normalized spacial score (nSPS) is 20.5. The molecule has 1 aliphatic rings. The van der Waals surface area contributed by atoms with E-state index in [1.165, 1.54) is 28.4 Å². The molecular formula is C15H13F3N4O5S. The molecule has 13 heteroatoms. The molecule has 1 unspecified atom stereocenters. The van der Waals surface area contributed by atoms with Crippen molar-refractivity contribution in [1.29, 1.82) is 0 Å². The standard InChI is InChI=1S/C15H13F3N4O5S/c16-15(17,18)14(21-28(25,26)11-5-3-9(19)4-6-11)12(23)22(13(24)20-14)8-10-2-1-7-27-10/h1-7,21H,8,19H2,(H,20,24). The number of furan rings is 1. The van der Waals surface area contributed by atoms with Gasteiger partial charge in [-0.2, -0.15) is 17.9 Å². The van der Waals surface area contributed by atoms with Crippen molar-refractivity contribution in [2.75, 3.05) is 5.73 Å². The molecule has 3 rings (SSSR count). The van der Waals surface area contributed by atoms with Gasteiger partial charge < -0.3 is 15.5 Å². The van der Waals surface area contributed by atoms with E-state index in [9.17, 15) is 31.2 Å². The van der Waals surface area contributed by atoms with Crippen LogP contribution in [0.1, 0.15) is 5.76 Å². The number of halogens is 3. The van der Waals surface area contributed by atoms with Crippen LogP contribution in [0.3, 0.4) is 0 Å². The van der Waals surface area contributed by atoms with Gasteiger partial charge >= 0.3 is 12.2 Å². The Morgan fingerprint density at radius 1 is 1.18 bits per heavy atom. The van der Waals surface area contributed by atoms with Crippen LogP contribution in [0.15, 0.2) is 52.0 Å². The van der Waals surface area contributed by atoms with Crippen molar-refractivity contribution in [1.82, 2.24) is 14.9 Å². The van der Waals surface area contributed by atoms with Crippen LogP contribution in [-0.4, -0.2) is 37.1 Å². The molecule has 4 N–H and O–H groups in total. The first-order valence-corrected chi connectivity index (χ1v) is 9.07. The van der Waals surface area contributed by atoms with Gasteiger partial charge in [-0.3, -0.25) is 9.69 Å². The highest BCUT2D eigenvalue weighted by atomic mass is 32.2. The molecule has 28 heavy (non-hydrogen) atoms. The number of nitrogens with one attached hydrogen (secondary N) is 2.